The van der Waals surface area contributed by atoms with Gasteiger partial charge >= 0.3 is 5.97 Å². The highest BCUT2D eigenvalue weighted by Crippen LogP contribution is 2.18. The average molecular weight is 186 g/mol. The Bertz CT molecular complexity index is 194. The molecule has 0 aromatic heterocycles. The van der Waals surface area contributed by atoms with Crippen molar-refractivity contribution in [3.63, 3.8) is 0 Å². The third-order valence-corrected chi connectivity index (χ3v) is 2.42. The molecule has 0 amide bonds. The Balaban J connectivity index is 2.64. The maximum atomic E-state index is 11.3. The summed E-state index contributed by atoms with van der Waals surface area (Å²) >= 11 is 0. The second-order valence-electron chi connectivity index (χ2n) is 3.65. The minimum atomic E-state index is -0.412. The zero-order valence-corrected chi connectivity index (χ0v) is 8.49. The van der Waals surface area contributed by atoms with E-state index in [-0.39, 0.29) is 12.0 Å². The maximum Gasteiger partial charge on any atom is 0.325 e. The van der Waals surface area contributed by atoms with E-state index in [4.69, 9.17) is 10.5 Å². The summed E-state index contributed by atoms with van der Waals surface area (Å²) in [7, 11) is 0. The van der Waals surface area contributed by atoms with E-state index in [1.54, 1.807) is 0 Å². The monoisotopic (exact) mass is 186 g/mol. The molecule has 1 heterocycles. The topological polar surface area (TPSA) is 55.6 Å². The smallest absolute Gasteiger partial charge is 0.325 e. The lowest BCUT2D eigenvalue weighted by molar-refractivity contribution is -0.145. The van der Waals surface area contributed by atoms with Crippen LogP contribution in [-0.4, -0.2) is 35.7 Å². The number of hydrogen-bond acceptors (Lipinski definition) is 4. The van der Waals surface area contributed by atoms with Gasteiger partial charge in [-0.3, -0.25) is 15.4 Å². The van der Waals surface area contributed by atoms with Crippen molar-refractivity contribution in [2.45, 2.75) is 45.5 Å². The molecule has 1 rings (SSSR count). The van der Waals surface area contributed by atoms with Gasteiger partial charge in [-0.2, -0.15) is 0 Å². The molecule has 2 atom stereocenters. The van der Waals surface area contributed by atoms with E-state index in [0.717, 1.165) is 6.54 Å². The number of nitrogens with two attached hydrogens (primary N) is 1. The van der Waals surface area contributed by atoms with Crippen LogP contribution in [0.2, 0.25) is 0 Å². The molecule has 76 valence electrons. The fourth-order valence-electron chi connectivity index (χ4n) is 1.81. The minimum Gasteiger partial charge on any atom is -0.446 e. The molecule has 0 aromatic carbocycles. The summed E-state index contributed by atoms with van der Waals surface area (Å²) in [6, 6.07) is 0.216. The Morgan fingerprint density at radius 2 is 2.31 bits per heavy atom. The molecule has 0 aliphatic carbocycles. The van der Waals surface area contributed by atoms with Crippen LogP contribution in [0.15, 0.2) is 0 Å². The van der Waals surface area contributed by atoms with E-state index >= 15 is 0 Å². The van der Waals surface area contributed by atoms with Crippen LogP contribution in [0.3, 0.4) is 0 Å². The molecule has 0 aromatic rings. The van der Waals surface area contributed by atoms with Crippen molar-refractivity contribution in [2.24, 2.45) is 5.73 Å². The van der Waals surface area contributed by atoms with Crippen molar-refractivity contribution in [3.05, 3.63) is 0 Å². The summed E-state index contributed by atoms with van der Waals surface area (Å²) in [6.45, 7) is 7.03. The molecule has 0 spiro atoms. The third-order valence-electron chi connectivity index (χ3n) is 2.42. The maximum absolute atomic E-state index is 11.3. The number of esters is 1. The summed E-state index contributed by atoms with van der Waals surface area (Å²) < 4.78 is 4.90. The van der Waals surface area contributed by atoms with Crippen LogP contribution in [0.4, 0.5) is 0 Å². The van der Waals surface area contributed by atoms with Gasteiger partial charge in [0, 0.05) is 12.5 Å². The molecule has 1 aliphatic heterocycles. The van der Waals surface area contributed by atoms with Gasteiger partial charge in [0.25, 0.3) is 0 Å². The molecule has 0 saturated carbocycles. The van der Waals surface area contributed by atoms with Crippen LogP contribution < -0.4 is 5.73 Å². The Hall–Kier alpha value is -0.610. The van der Waals surface area contributed by atoms with Crippen LogP contribution in [-0.2, 0) is 9.53 Å². The normalized spacial score (nSPS) is 28.6. The van der Waals surface area contributed by atoms with Gasteiger partial charge in [-0.05, 0) is 20.4 Å². The molecule has 1 saturated heterocycles. The molecule has 2 N–H and O–H groups in total. The minimum absolute atomic E-state index is 0.139. The third kappa shape index (κ3) is 2.19. The van der Waals surface area contributed by atoms with Gasteiger partial charge in [0.15, 0.2) is 6.23 Å². The predicted molar refractivity (Wildman–Crippen MR) is 50.0 cm³/mol. The number of cyclic esters (lactones) is 1. The fourth-order valence-corrected chi connectivity index (χ4v) is 1.81. The first kappa shape index (κ1) is 10.5. The standard InChI is InChI=1S/C9H18N2O2/c1-4-11(6(2)3)7-5-8(10)13-9(7)12/h6-8H,4-5,10H2,1-3H3. The lowest BCUT2D eigenvalue weighted by Crippen LogP contribution is -2.43. The summed E-state index contributed by atoms with van der Waals surface area (Å²) in [5.41, 5.74) is 5.54. The van der Waals surface area contributed by atoms with E-state index in [2.05, 4.69) is 18.7 Å². The molecule has 1 fully saturated rings. The summed E-state index contributed by atoms with van der Waals surface area (Å²) in [4.78, 5) is 13.5. The second kappa shape index (κ2) is 4.07. The summed E-state index contributed by atoms with van der Waals surface area (Å²) in [5.74, 6) is -0.178. The lowest BCUT2D eigenvalue weighted by Gasteiger charge is -2.28. The summed E-state index contributed by atoms with van der Waals surface area (Å²) in [6.07, 6.45) is 0.204. The molecule has 0 bridgehead atoms. The number of likely N-dealkylation sites (N-methyl/N-ethyl adjacent to an activating group) is 1. The molecule has 13 heavy (non-hydrogen) atoms. The Morgan fingerprint density at radius 1 is 1.69 bits per heavy atom. The summed E-state index contributed by atoms with van der Waals surface area (Å²) in [5, 5.41) is 0. The van der Waals surface area contributed by atoms with Crippen LogP contribution in [0.1, 0.15) is 27.2 Å². The van der Waals surface area contributed by atoms with E-state index in [0.29, 0.717) is 12.5 Å². The first-order chi connectivity index (χ1) is 6.06. The first-order valence-electron chi connectivity index (χ1n) is 4.78. The second-order valence-corrected chi connectivity index (χ2v) is 3.65. The lowest BCUT2D eigenvalue weighted by atomic mass is 10.1. The fraction of sp³-hybridized carbons (Fsp3) is 0.889. The van der Waals surface area contributed by atoms with Crippen molar-refractivity contribution in [2.75, 3.05) is 6.54 Å². The molecule has 4 heteroatoms. The zero-order chi connectivity index (χ0) is 10.0. The van der Waals surface area contributed by atoms with Crippen LogP contribution >= 0.6 is 0 Å². The highest BCUT2D eigenvalue weighted by molar-refractivity contribution is 5.77. The van der Waals surface area contributed by atoms with Crippen molar-refractivity contribution < 1.29 is 9.53 Å². The number of hydrogen-bond donors (Lipinski definition) is 1. The largest absolute Gasteiger partial charge is 0.446 e. The Labute approximate surface area is 79.0 Å². The van der Waals surface area contributed by atoms with E-state index in [1.807, 2.05) is 6.92 Å². The predicted octanol–water partition coefficient (Wildman–Crippen LogP) is 0.317. The molecular weight excluding hydrogens is 168 g/mol. The van der Waals surface area contributed by atoms with Gasteiger partial charge in [0.05, 0.1) is 0 Å². The van der Waals surface area contributed by atoms with Crippen LogP contribution in [0.5, 0.6) is 0 Å². The van der Waals surface area contributed by atoms with Gasteiger partial charge in [-0.25, -0.2) is 0 Å². The van der Waals surface area contributed by atoms with Crippen molar-refractivity contribution in [1.29, 1.82) is 0 Å². The first-order valence-corrected chi connectivity index (χ1v) is 4.78. The Kier molecular flexibility index (Phi) is 3.27. The van der Waals surface area contributed by atoms with E-state index in [9.17, 15) is 4.79 Å². The van der Waals surface area contributed by atoms with Gasteiger partial charge < -0.3 is 4.74 Å². The SMILES string of the molecule is CCN(C(C)C)C1CC(N)OC1=O. The van der Waals surface area contributed by atoms with Crippen LogP contribution in [0, 0.1) is 0 Å². The van der Waals surface area contributed by atoms with Gasteiger partial charge in [0.2, 0.25) is 0 Å². The molecular formula is C9H18N2O2. The van der Waals surface area contributed by atoms with Gasteiger partial charge in [-0.1, -0.05) is 6.92 Å². The van der Waals surface area contributed by atoms with Crippen molar-refractivity contribution in [3.8, 4) is 0 Å². The number of rotatable bonds is 3. The molecule has 2 unspecified atom stereocenters. The molecule has 0 radical (unpaired) electrons. The highest BCUT2D eigenvalue weighted by atomic mass is 16.6. The van der Waals surface area contributed by atoms with Crippen LogP contribution in [0.25, 0.3) is 0 Å². The average Bonchev–Trinajstić information content (AvgIpc) is 2.31. The van der Waals surface area contributed by atoms with Gasteiger partial charge in [0.1, 0.15) is 6.04 Å². The highest BCUT2D eigenvalue weighted by Gasteiger charge is 2.36. The van der Waals surface area contributed by atoms with Gasteiger partial charge in [-0.15, -0.1) is 0 Å². The number of carbonyl (C=O) groups is 1. The van der Waals surface area contributed by atoms with Crippen molar-refractivity contribution in [1.82, 2.24) is 4.90 Å². The number of carbonyl (C=O) groups excluding carboxylic acids is 1. The van der Waals surface area contributed by atoms with E-state index in [1.165, 1.54) is 0 Å². The zero-order valence-electron chi connectivity index (χ0n) is 8.49. The quantitative estimate of drug-likeness (QED) is 0.645. The molecule has 4 nitrogen and oxygen atoms in total. The van der Waals surface area contributed by atoms with Crippen molar-refractivity contribution >= 4 is 5.97 Å². The number of ether oxygens (including phenoxy) is 1. The van der Waals surface area contributed by atoms with E-state index < -0.39 is 6.23 Å². The Morgan fingerprint density at radius 3 is 2.62 bits per heavy atom. The molecule has 1 aliphatic rings. The number of nitrogens with zero attached hydrogens (tertiary/aromatic N) is 1.